The van der Waals surface area contributed by atoms with Crippen LogP contribution in [0.4, 0.5) is 0 Å². The Balaban J connectivity index is 0.000000226. The molecule has 28 heteroatoms. The Bertz CT molecular complexity index is 4550. The molecule has 4 aliphatic rings. The molecular formula is C86H76O28. The third-order valence-corrected chi connectivity index (χ3v) is 17.4. The minimum Gasteiger partial charge on any atom is -0.457 e. The molecule has 8 aromatic carbocycles. The lowest BCUT2D eigenvalue weighted by Gasteiger charge is -2.17. The van der Waals surface area contributed by atoms with Crippen LogP contribution in [0, 0.1) is 0 Å². The Kier molecular flexibility index (Phi) is 27.4. The van der Waals surface area contributed by atoms with Gasteiger partial charge in [0.15, 0.2) is 24.4 Å². The lowest BCUT2D eigenvalue weighted by molar-refractivity contribution is -0.146. The minimum absolute atomic E-state index is 0.00892. The van der Waals surface area contributed by atoms with E-state index in [9.17, 15) is 47.9 Å². The Hall–Kier alpha value is -13.5. The molecule has 0 aliphatic carbocycles. The number of ether oxygens (including phenoxy) is 18. The first-order chi connectivity index (χ1) is 54.9. The third kappa shape index (κ3) is 21.9. The highest BCUT2D eigenvalue weighted by Crippen LogP contribution is 2.35. The molecule has 4 aliphatic heterocycles. The first kappa shape index (κ1) is 81.4. The number of hydrogen-bond donors (Lipinski definition) is 0. The maximum absolute atomic E-state index is 13.0. The summed E-state index contributed by atoms with van der Waals surface area (Å²) in [5.41, 5.74) is 6.13. The van der Waals surface area contributed by atoms with Gasteiger partial charge in [-0.25, -0.2) is 47.9 Å². The summed E-state index contributed by atoms with van der Waals surface area (Å²) in [5, 5.41) is 0. The zero-order valence-electron chi connectivity index (χ0n) is 62.0. The highest BCUT2D eigenvalue weighted by atomic mass is 16.7. The van der Waals surface area contributed by atoms with E-state index < -0.39 is 109 Å². The zero-order chi connectivity index (χ0) is 81.0. The summed E-state index contributed by atoms with van der Waals surface area (Å²) < 4.78 is 98.3. The van der Waals surface area contributed by atoms with Crippen molar-refractivity contribution in [3.05, 3.63) is 276 Å². The van der Waals surface area contributed by atoms with Gasteiger partial charge >= 0.3 is 59.7 Å². The third-order valence-electron chi connectivity index (χ3n) is 17.4. The Labute approximate surface area is 653 Å². The molecule has 588 valence electrons. The van der Waals surface area contributed by atoms with Gasteiger partial charge in [-0.1, -0.05) is 74.8 Å². The average molecular weight is 1560 g/mol. The lowest BCUT2D eigenvalue weighted by atomic mass is 10.0. The fraction of sp³-hybridized carbons (Fsp3) is 0.233. The standard InChI is InChI=1S/C44H38O16.C42H38O12/c1-25(2)39(45)55-23-53-31-13-5-27(6-14-31)41(47)57-33-17-9-29(10-18-33)43(49)59-35-21-51-38-36(22-52-37(35)38)60-44(50)30-11-19-34(20-12-30)58-42(48)28-7-15-32(16-8-28)54-24-56-40(46)26(3)4;1-25(2)39(43)51-23-49-33-17-13-29(14-18-33)27-5-9-31(10-6-27)41(45)53-35-21-47-38-36(22-48-37(35)38)54-42(46)32-11-7-28(8-12-32)30-15-19-34(20-16-30)50-24-52-40(44)26(3)4/h5-20,35-38H,1,3,21-24H2,2,4H3;5-20,35-38H,1,3,21-24H2,2,4H3/t2*35-,36+,37-,38-/m11/s1. The van der Waals surface area contributed by atoms with Crippen LogP contribution in [0.1, 0.15) is 89.8 Å². The molecule has 4 heterocycles. The Morgan fingerprint density at radius 2 is 0.439 bits per heavy atom. The Morgan fingerprint density at radius 1 is 0.263 bits per heavy atom. The van der Waals surface area contributed by atoms with Crippen molar-refractivity contribution in [3.63, 3.8) is 0 Å². The predicted molar refractivity (Wildman–Crippen MR) is 401 cm³/mol. The molecule has 12 rings (SSSR count). The molecule has 0 radical (unpaired) electrons. The van der Waals surface area contributed by atoms with E-state index in [4.69, 9.17) is 85.3 Å². The molecule has 0 unspecified atom stereocenters. The van der Waals surface area contributed by atoms with Crippen LogP contribution in [0.15, 0.2) is 243 Å². The van der Waals surface area contributed by atoms with Gasteiger partial charge in [0.1, 0.15) is 58.9 Å². The van der Waals surface area contributed by atoms with Crippen molar-refractivity contribution in [1.82, 2.24) is 0 Å². The van der Waals surface area contributed by atoms with Crippen LogP contribution >= 0.6 is 0 Å². The fourth-order valence-electron chi connectivity index (χ4n) is 11.3. The number of hydrogen-bond acceptors (Lipinski definition) is 28. The minimum atomic E-state index is -0.780. The highest BCUT2D eigenvalue weighted by molar-refractivity contribution is 5.95. The molecule has 0 N–H and O–H groups in total. The van der Waals surface area contributed by atoms with E-state index >= 15 is 0 Å². The second kappa shape index (κ2) is 38.4. The maximum atomic E-state index is 13.0. The van der Waals surface area contributed by atoms with Crippen molar-refractivity contribution in [2.75, 3.05) is 53.6 Å². The molecule has 0 amide bonds. The van der Waals surface area contributed by atoms with Gasteiger partial charge in [0.25, 0.3) is 0 Å². The molecule has 0 aromatic heterocycles. The van der Waals surface area contributed by atoms with E-state index in [0.29, 0.717) is 34.1 Å². The topological polar surface area (TPSA) is 337 Å². The van der Waals surface area contributed by atoms with E-state index in [0.717, 1.165) is 22.3 Å². The monoisotopic (exact) mass is 1560 g/mol. The number of fused-ring (bicyclic) bond motifs is 2. The molecule has 0 spiro atoms. The predicted octanol–water partition coefficient (Wildman–Crippen LogP) is 12.1. The summed E-state index contributed by atoms with van der Waals surface area (Å²) >= 11 is 0. The summed E-state index contributed by atoms with van der Waals surface area (Å²) in [4.78, 5) is 123. The molecule has 8 aromatic rings. The molecule has 28 nitrogen and oxygen atoms in total. The molecule has 4 saturated heterocycles. The Morgan fingerprint density at radius 3 is 0.649 bits per heavy atom. The van der Waals surface area contributed by atoms with Crippen LogP contribution in [-0.4, -0.2) is 162 Å². The number of esters is 10. The molecule has 114 heavy (non-hydrogen) atoms. The van der Waals surface area contributed by atoms with E-state index in [1.54, 1.807) is 62.4 Å². The summed E-state index contributed by atoms with van der Waals surface area (Å²) in [7, 11) is 0. The number of benzene rings is 8. The van der Waals surface area contributed by atoms with Gasteiger partial charge in [0.05, 0.1) is 59.8 Å². The van der Waals surface area contributed by atoms with Gasteiger partial charge in [-0.2, -0.15) is 0 Å². The fourth-order valence-corrected chi connectivity index (χ4v) is 11.3. The summed E-state index contributed by atoms with van der Waals surface area (Å²) in [6, 6.07) is 51.9. The van der Waals surface area contributed by atoms with Crippen LogP contribution in [0.2, 0.25) is 0 Å². The van der Waals surface area contributed by atoms with Crippen LogP contribution < -0.4 is 28.4 Å². The van der Waals surface area contributed by atoms with Crippen molar-refractivity contribution < 1.29 is 133 Å². The van der Waals surface area contributed by atoms with Crippen molar-refractivity contribution in [3.8, 4) is 56.8 Å². The summed E-state index contributed by atoms with van der Waals surface area (Å²) in [6.07, 6.45) is -5.43. The molecule has 8 atom stereocenters. The molecule has 0 bridgehead atoms. The second-order valence-corrected chi connectivity index (χ2v) is 25.9. The van der Waals surface area contributed by atoms with Crippen molar-refractivity contribution in [1.29, 1.82) is 0 Å². The van der Waals surface area contributed by atoms with E-state index in [1.807, 2.05) is 48.5 Å². The molecule has 0 saturated carbocycles. The highest BCUT2D eigenvalue weighted by Gasteiger charge is 2.53. The van der Waals surface area contributed by atoms with Gasteiger partial charge in [-0.15, -0.1) is 0 Å². The van der Waals surface area contributed by atoms with Crippen LogP contribution in [0.5, 0.6) is 34.5 Å². The summed E-state index contributed by atoms with van der Waals surface area (Å²) in [5.74, 6) is -3.76. The van der Waals surface area contributed by atoms with E-state index in [-0.39, 0.29) is 110 Å². The second-order valence-electron chi connectivity index (χ2n) is 25.9. The normalized spacial score (nSPS) is 18.0. The van der Waals surface area contributed by atoms with Crippen LogP contribution in [0.25, 0.3) is 22.3 Å². The maximum Gasteiger partial charge on any atom is 0.343 e. The number of carbonyl (C=O) groups excluding carboxylic acids is 10. The molecule has 4 fully saturated rings. The SMILES string of the molecule is C=C(C)C(=O)OCOc1ccc(-c2ccc(C(=O)O[C@H]3CO[C@H]4[C@@H]3OC[C@H]4OC(=O)c3ccc(-c4ccc(OCOC(=O)C(=C)C)cc4)cc3)cc2)cc1.C=C(C)C(=O)OCOc1ccc(C(=O)Oc2ccc(C(=O)O[C@H]3CO[C@H]4[C@@H]3OC[C@H]4OC(=O)c3ccc(OC(=O)c4ccc(OCOC(=O)C(=C)C)cc4)cc3)cc2)cc1. The van der Waals surface area contributed by atoms with Crippen LogP contribution in [-0.2, 0) is 76.0 Å². The van der Waals surface area contributed by atoms with Crippen molar-refractivity contribution in [2.45, 2.75) is 76.5 Å². The largest absolute Gasteiger partial charge is 0.457 e. The van der Waals surface area contributed by atoms with Crippen LogP contribution in [0.3, 0.4) is 0 Å². The van der Waals surface area contributed by atoms with Gasteiger partial charge in [-0.3, -0.25) is 0 Å². The van der Waals surface area contributed by atoms with Crippen molar-refractivity contribution >= 4 is 59.7 Å². The van der Waals surface area contributed by atoms with Gasteiger partial charge < -0.3 is 85.3 Å². The van der Waals surface area contributed by atoms with E-state index in [1.165, 1.54) is 111 Å². The first-order valence-electron chi connectivity index (χ1n) is 35.3. The summed E-state index contributed by atoms with van der Waals surface area (Å²) in [6.45, 7) is 19.3. The van der Waals surface area contributed by atoms with Crippen molar-refractivity contribution in [2.24, 2.45) is 0 Å². The lowest BCUT2D eigenvalue weighted by Crippen LogP contribution is -2.36. The van der Waals surface area contributed by atoms with Gasteiger partial charge in [-0.05, 0) is 196 Å². The average Bonchev–Trinajstić information content (AvgIpc) is 1.64. The van der Waals surface area contributed by atoms with Gasteiger partial charge in [0, 0.05) is 22.3 Å². The zero-order valence-corrected chi connectivity index (χ0v) is 62.0. The molecular weight excluding hydrogens is 1480 g/mol. The smallest absolute Gasteiger partial charge is 0.343 e. The van der Waals surface area contributed by atoms with E-state index in [2.05, 4.69) is 26.3 Å². The first-order valence-corrected chi connectivity index (χ1v) is 35.3. The number of rotatable bonds is 30. The quantitative estimate of drug-likeness (QED) is 0.0133. The number of carbonyl (C=O) groups is 10. The van der Waals surface area contributed by atoms with Gasteiger partial charge in [0.2, 0.25) is 27.2 Å².